The maximum Gasteiger partial charge on any atom is 0.253 e. The molecule has 0 aromatic heterocycles. The minimum absolute atomic E-state index is 0.119. The van der Waals surface area contributed by atoms with Crippen LogP contribution in [-0.2, 0) is 0 Å². The highest BCUT2D eigenvalue weighted by atomic mass is 35.5. The number of nitrogen functional groups attached to an aromatic ring is 1. The SMILES string of the molecule is CC1CC(C)CC(NC(=O)c2cc(Cl)ccc2NN)C1. The molecule has 20 heavy (non-hydrogen) atoms. The topological polar surface area (TPSA) is 67.2 Å². The van der Waals surface area contributed by atoms with Crippen molar-refractivity contribution >= 4 is 23.2 Å². The zero-order valence-corrected chi connectivity index (χ0v) is 12.7. The molecule has 0 aliphatic heterocycles. The number of hydrogen-bond acceptors (Lipinski definition) is 3. The molecule has 0 heterocycles. The van der Waals surface area contributed by atoms with Crippen LogP contribution >= 0.6 is 11.6 Å². The second-order valence-electron chi connectivity index (χ2n) is 5.92. The first-order valence-corrected chi connectivity index (χ1v) is 7.44. The van der Waals surface area contributed by atoms with Crippen molar-refractivity contribution in [2.45, 2.75) is 39.2 Å². The zero-order valence-electron chi connectivity index (χ0n) is 11.9. The van der Waals surface area contributed by atoms with E-state index in [-0.39, 0.29) is 11.9 Å². The molecular formula is C15H22ClN3O. The van der Waals surface area contributed by atoms with Gasteiger partial charge in [-0.1, -0.05) is 25.4 Å². The Labute approximate surface area is 125 Å². The van der Waals surface area contributed by atoms with Gasteiger partial charge in [0, 0.05) is 11.1 Å². The average Bonchev–Trinajstić information content (AvgIpc) is 2.37. The summed E-state index contributed by atoms with van der Waals surface area (Å²) in [4.78, 5) is 12.4. The molecule has 0 spiro atoms. The molecule has 0 saturated heterocycles. The van der Waals surface area contributed by atoms with Crippen molar-refractivity contribution in [3.8, 4) is 0 Å². The number of carbonyl (C=O) groups is 1. The summed E-state index contributed by atoms with van der Waals surface area (Å²) in [6, 6.07) is 5.29. The van der Waals surface area contributed by atoms with Gasteiger partial charge in [0.1, 0.15) is 0 Å². The van der Waals surface area contributed by atoms with Gasteiger partial charge in [0.15, 0.2) is 0 Å². The van der Waals surface area contributed by atoms with E-state index < -0.39 is 0 Å². The quantitative estimate of drug-likeness (QED) is 0.592. The lowest BCUT2D eigenvalue weighted by molar-refractivity contribution is 0.0912. The van der Waals surface area contributed by atoms with E-state index >= 15 is 0 Å². The molecule has 1 aromatic rings. The normalized spacial score (nSPS) is 26.1. The third-order valence-corrected chi connectivity index (χ3v) is 4.13. The predicted molar refractivity (Wildman–Crippen MR) is 82.7 cm³/mol. The minimum Gasteiger partial charge on any atom is -0.349 e. The second kappa shape index (κ2) is 6.46. The van der Waals surface area contributed by atoms with E-state index in [0.29, 0.717) is 28.1 Å². The molecule has 4 N–H and O–H groups in total. The lowest BCUT2D eigenvalue weighted by atomic mass is 9.80. The molecule has 2 atom stereocenters. The Morgan fingerprint density at radius 3 is 2.50 bits per heavy atom. The standard InChI is InChI=1S/C15H22ClN3O/c1-9-5-10(2)7-12(6-9)18-15(20)13-8-11(16)3-4-14(13)19-17/h3-4,8-10,12,19H,5-7,17H2,1-2H3,(H,18,20). The number of benzene rings is 1. The maximum atomic E-state index is 12.4. The smallest absolute Gasteiger partial charge is 0.253 e. The van der Waals surface area contributed by atoms with E-state index in [4.69, 9.17) is 17.4 Å². The Bertz CT molecular complexity index is 482. The monoisotopic (exact) mass is 295 g/mol. The Balaban J connectivity index is 2.10. The van der Waals surface area contributed by atoms with Crippen molar-refractivity contribution in [1.82, 2.24) is 5.32 Å². The number of nitrogens with one attached hydrogen (secondary N) is 2. The van der Waals surface area contributed by atoms with Crippen LogP contribution in [0.5, 0.6) is 0 Å². The van der Waals surface area contributed by atoms with Gasteiger partial charge in [-0.25, -0.2) is 0 Å². The van der Waals surface area contributed by atoms with Gasteiger partial charge in [-0.3, -0.25) is 10.6 Å². The summed E-state index contributed by atoms with van der Waals surface area (Å²) in [6.07, 6.45) is 3.29. The lowest BCUT2D eigenvalue weighted by Gasteiger charge is -2.32. The molecule has 1 aliphatic rings. The number of carbonyl (C=O) groups excluding carboxylic acids is 1. The summed E-state index contributed by atoms with van der Waals surface area (Å²) >= 11 is 5.96. The van der Waals surface area contributed by atoms with Crippen LogP contribution in [0.15, 0.2) is 18.2 Å². The van der Waals surface area contributed by atoms with Gasteiger partial charge in [0.25, 0.3) is 5.91 Å². The van der Waals surface area contributed by atoms with Gasteiger partial charge in [0.05, 0.1) is 11.3 Å². The first-order chi connectivity index (χ1) is 9.49. The summed E-state index contributed by atoms with van der Waals surface area (Å²) < 4.78 is 0. The highest BCUT2D eigenvalue weighted by Gasteiger charge is 2.25. The number of halogens is 1. The first-order valence-electron chi connectivity index (χ1n) is 7.06. The van der Waals surface area contributed by atoms with Crippen LogP contribution in [0.1, 0.15) is 43.5 Å². The van der Waals surface area contributed by atoms with Gasteiger partial charge in [-0.05, 0) is 49.3 Å². The molecule has 110 valence electrons. The van der Waals surface area contributed by atoms with Crippen LogP contribution in [0.3, 0.4) is 0 Å². The van der Waals surface area contributed by atoms with Crippen molar-refractivity contribution in [3.63, 3.8) is 0 Å². The van der Waals surface area contributed by atoms with Crippen LogP contribution < -0.4 is 16.6 Å². The highest BCUT2D eigenvalue weighted by Crippen LogP contribution is 2.29. The van der Waals surface area contributed by atoms with Crippen LogP contribution in [0.25, 0.3) is 0 Å². The molecule has 0 radical (unpaired) electrons. The van der Waals surface area contributed by atoms with Gasteiger partial charge < -0.3 is 10.7 Å². The Morgan fingerprint density at radius 2 is 1.90 bits per heavy atom. The third-order valence-electron chi connectivity index (χ3n) is 3.90. The van der Waals surface area contributed by atoms with E-state index in [1.165, 1.54) is 6.42 Å². The molecule has 1 saturated carbocycles. The van der Waals surface area contributed by atoms with Crippen molar-refractivity contribution in [2.24, 2.45) is 17.7 Å². The molecule has 1 aromatic carbocycles. The Kier molecular flexibility index (Phi) is 4.89. The number of amides is 1. The first kappa shape index (κ1) is 15.1. The summed E-state index contributed by atoms with van der Waals surface area (Å²) in [5, 5.41) is 3.63. The fraction of sp³-hybridized carbons (Fsp3) is 0.533. The fourth-order valence-corrected chi connectivity index (χ4v) is 3.33. The number of hydrogen-bond donors (Lipinski definition) is 3. The molecule has 1 fully saturated rings. The van der Waals surface area contributed by atoms with Crippen molar-refractivity contribution in [3.05, 3.63) is 28.8 Å². The van der Waals surface area contributed by atoms with Crippen LogP contribution in [-0.4, -0.2) is 11.9 Å². The van der Waals surface area contributed by atoms with Gasteiger partial charge in [-0.15, -0.1) is 0 Å². The van der Waals surface area contributed by atoms with E-state index in [1.807, 2.05) is 0 Å². The molecular weight excluding hydrogens is 274 g/mol. The van der Waals surface area contributed by atoms with E-state index in [2.05, 4.69) is 24.6 Å². The largest absolute Gasteiger partial charge is 0.349 e. The summed E-state index contributed by atoms with van der Waals surface area (Å²) in [6.45, 7) is 4.47. The van der Waals surface area contributed by atoms with Gasteiger partial charge >= 0.3 is 0 Å². The molecule has 1 amide bonds. The van der Waals surface area contributed by atoms with Crippen LogP contribution in [0.4, 0.5) is 5.69 Å². The Morgan fingerprint density at radius 1 is 1.25 bits per heavy atom. The van der Waals surface area contributed by atoms with Crippen molar-refractivity contribution in [2.75, 3.05) is 5.43 Å². The second-order valence-corrected chi connectivity index (χ2v) is 6.36. The molecule has 2 unspecified atom stereocenters. The fourth-order valence-electron chi connectivity index (χ4n) is 3.16. The summed E-state index contributed by atoms with van der Waals surface area (Å²) in [5.74, 6) is 6.62. The molecule has 5 heteroatoms. The zero-order chi connectivity index (χ0) is 14.7. The highest BCUT2D eigenvalue weighted by molar-refractivity contribution is 6.31. The molecule has 0 bridgehead atoms. The molecule has 4 nitrogen and oxygen atoms in total. The van der Waals surface area contributed by atoms with Crippen LogP contribution in [0.2, 0.25) is 5.02 Å². The van der Waals surface area contributed by atoms with E-state index in [9.17, 15) is 4.79 Å². The molecule has 2 rings (SSSR count). The maximum absolute atomic E-state index is 12.4. The number of nitrogens with two attached hydrogens (primary N) is 1. The summed E-state index contributed by atoms with van der Waals surface area (Å²) in [5.41, 5.74) is 3.62. The summed E-state index contributed by atoms with van der Waals surface area (Å²) in [7, 11) is 0. The number of rotatable bonds is 3. The number of hydrazine groups is 1. The Hall–Kier alpha value is -1.26. The van der Waals surface area contributed by atoms with Crippen molar-refractivity contribution < 1.29 is 4.79 Å². The van der Waals surface area contributed by atoms with Crippen molar-refractivity contribution in [1.29, 1.82) is 0 Å². The average molecular weight is 296 g/mol. The van der Waals surface area contributed by atoms with E-state index in [1.54, 1.807) is 18.2 Å². The van der Waals surface area contributed by atoms with Gasteiger partial charge in [-0.2, -0.15) is 0 Å². The predicted octanol–water partition coefficient (Wildman–Crippen LogP) is 3.18. The van der Waals surface area contributed by atoms with E-state index in [0.717, 1.165) is 12.8 Å². The number of anilines is 1. The van der Waals surface area contributed by atoms with Crippen LogP contribution in [0, 0.1) is 11.8 Å². The third kappa shape index (κ3) is 3.64. The minimum atomic E-state index is -0.119. The lowest BCUT2D eigenvalue weighted by Crippen LogP contribution is -2.40. The van der Waals surface area contributed by atoms with Gasteiger partial charge in [0.2, 0.25) is 0 Å². The molecule has 1 aliphatic carbocycles.